The normalized spacial score (nSPS) is 11.4. The maximum atomic E-state index is 11.8. The number of amides is 1. The highest BCUT2D eigenvalue weighted by atomic mass is 32.2. The van der Waals surface area contributed by atoms with Gasteiger partial charge in [-0.05, 0) is 25.3 Å². The molecule has 0 fully saturated rings. The van der Waals surface area contributed by atoms with Crippen LogP contribution in [0.25, 0.3) is 0 Å². The Morgan fingerprint density at radius 3 is 2.65 bits per heavy atom. The highest BCUT2D eigenvalue weighted by Gasteiger charge is 2.20. The summed E-state index contributed by atoms with van der Waals surface area (Å²) in [6.45, 7) is 6.76. The van der Waals surface area contributed by atoms with Crippen molar-refractivity contribution in [3.05, 3.63) is 35.4 Å². The second-order valence-corrected chi connectivity index (χ2v) is 6.31. The fraction of sp³-hybridized carbons (Fsp3) is 0.562. The van der Waals surface area contributed by atoms with Gasteiger partial charge in [-0.3, -0.25) is 4.79 Å². The molecular weight excluding hydrogens is 268 g/mol. The molecule has 0 aliphatic rings. The first-order chi connectivity index (χ1) is 9.49. The third-order valence-corrected chi connectivity index (χ3v) is 4.63. The first-order valence-corrected chi connectivity index (χ1v) is 8.33. The number of hydrogen-bond donors (Lipinski definition) is 2. The van der Waals surface area contributed by atoms with E-state index in [9.17, 15) is 4.79 Å². The Bertz CT molecular complexity index is 430. The average molecular weight is 294 g/mol. The van der Waals surface area contributed by atoms with E-state index >= 15 is 0 Å². The number of hydrogen-bond acceptors (Lipinski definition) is 3. The molecule has 1 aromatic rings. The lowest BCUT2D eigenvalue weighted by atomic mass is 9.94. The van der Waals surface area contributed by atoms with Crippen molar-refractivity contribution in [3.8, 4) is 0 Å². The molecule has 112 valence electrons. The third-order valence-electron chi connectivity index (χ3n) is 3.63. The van der Waals surface area contributed by atoms with Crippen LogP contribution in [0.5, 0.6) is 0 Å². The molecule has 0 saturated carbocycles. The van der Waals surface area contributed by atoms with Gasteiger partial charge in [0, 0.05) is 17.8 Å². The van der Waals surface area contributed by atoms with E-state index in [1.165, 1.54) is 11.1 Å². The van der Waals surface area contributed by atoms with Crippen LogP contribution < -0.4 is 11.1 Å². The topological polar surface area (TPSA) is 55.1 Å². The van der Waals surface area contributed by atoms with Crippen molar-refractivity contribution in [2.75, 3.05) is 12.3 Å². The Kier molecular flexibility index (Phi) is 7.10. The molecule has 1 rings (SSSR count). The molecule has 0 radical (unpaired) electrons. The fourth-order valence-corrected chi connectivity index (χ4v) is 2.69. The van der Waals surface area contributed by atoms with Crippen LogP contribution in [0, 0.1) is 6.92 Å². The van der Waals surface area contributed by atoms with Gasteiger partial charge >= 0.3 is 0 Å². The highest BCUT2D eigenvalue weighted by Crippen LogP contribution is 2.13. The van der Waals surface area contributed by atoms with Gasteiger partial charge in [0.05, 0.1) is 5.75 Å². The Balaban J connectivity index is 2.27. The van der Waals surface area contributed by atoms with Crippen LogP contribution in [0.4, 0.5) is 0 Å². The number of rotatable bonds is 8. The summed E-state index contributed by atoms with van der Waals surface area (Å²) in [7, 11) is 0. The molecule has 0 aliphatic heterocycles. The predicted octanol–water partition coefficient (Wildman–Crippen LogP) is 2.86. The second kappa shape index (κ2) is 8.32. The Morgan fingerprint density at radius 1 is 1.35 bits per heavy atom. The lowest BCUT2D eigenvalue weighted by Crippen LogP contribution is -2.49. The van der Waals surface area contributed by atoms with Gasteiger partial charge in [0.25, 0.3) is 0 Å². The minimum Gasteiger partial charge on any atom is -0.354 e. The molecule has 1 amide bonds. The molecule has 1 aromatic carbocycles. The summed E-state index contributed by atoms with van der Waals surface area (Å²) in [5.74, 6) is 1.42. The summed E-state index contributed by atoms with van der Waals surface area (Å²) < 4.78 is 0. The summed E-state index contributed by atoms with van der Waals surface area (Å²) in [5.41, 5.74) is 8.41. The quantitative estimate of drug-likeness (QED) is 0.775. The van der Waals surface area contributed by atoms with Gasteiger partial charge in [0.2, 0.25) is 5.91 Å². The van der Waals surface area contributed by atoms with Gasteiger partial charge in [-0.15, -0.1) is 11.8 Å². The number of carbonyl (C=O) groups excluding carboxylic acids is 1. The van der Waals surface area contributed by atoms with Crippen LogP contribution >= 0.6 is 11.8 Å². The van der Waals surface area contributed by atoms with Crippen molar-refractivity contribution >= 4 is 17.7 Å². The van der Waals surface area contributed by atoms with E-state index in [0.29, 0.717) is 12.3 Å². The second-order valence-electron chi connectivity index (χ2n) is 5.33. The largest absolute Gasteiger partial charge is 0.354 e. The van der Waals surface area contributed by atoms with Gasteiger partial charge in [-0.2, -0.15) is 0 Å². The first-order valence-electron chi connectivity index (χ1n) is 7.18. The molecule has 20 heavy (non-hydrogen) atoms. The van der Waals surface area contributed by atoms with E-state index in [1.54, 1.807) is 11.8 Å². The van der Waals surface area contributed by atoms with E-state index in [-0.39, 0.29) is 11.4 Å². The lowest BCUT2D eigenvalue weighted by molar-refractivity contribution is -0.118. The minimum absolute atomic E-state index is 0.0689. The van der Waals surface area contributed by atoms with Crippen LogP contribution in [-0.2, 0) is 10.5 Å². The van der Waals surface area contributed by atoms with Crippen LogP contribution in [0.2, 0.25) is 0 Å². The summed E-state index contributed by atoms with van der Waals surface area (Å²) in [6, 6.07) is 8.38. The highest BCUT2D eigenvalue weighted by molar-refractivity contribution is 7.99. The summed E-state index contributed by atoms with van der Waals surface area (Å²) in [6.07, 6.45) is 1.75. The molecule has 4 heteroatoms. The lowest BCUT2D eigenvalue weighted by Gasteiger charge is -2.26. The number of nitrogens with two attached hydrogens (primary N) is 1. The molecular formula is C16H26N2OS. The van der Waals surface area contributed by atoms with Crippen LogP contribution in [0.3, 0.4) is 0 Å². The van der Waals surface area contributed by atoms with Crippen molar-refractivity contribution in [1.82, 2.24) is 5.32 Å². The molecule has 0 unspecified atom stereocenters. The van der Waals surface area contributed by atoms with Gasteiger partial charge in [-0.25, -0.2) is 0 Å². The molecule has 3 N–H and O–H groups in total. The molecule has 0 aromatic heterocycles. The first kappa shape index (κ1) is 17.1. The smallest absolute Gasteiger partial charge is 0.230 e. The van der Waals surface area contributed by atoms with E-state index in [2.05, 4.69) is 50.4 Å². The van der Waals surface area contributed by atoms with Gasteiger partial charge < -0.3 is 11.1 Å². The number of nitrogens with one attached hydrogen (secondary N) is 1. The van der Waals surface area contributed by atoms with E-state index in [0.717, 1.165) is 18.6 Å². The number of thioether (sulfide) groups is 1. The third kappa shape index (κ3) is 5.97. The molecule has 0 bridgehead atoms. The summed E-state index contributed by atoms with van der Waals surface area (Å²) in [5, 5.41) is 2.94. The fourth-order valence-electron chi connectivity index (χ4n) is 1.89. The number of benzene rings is 1. The standard InChI is InChI=1S/C16H26N2OS/c1-4-16(17,5-2)12-18-15(19)11-20-10-14-8-6-7-13(3)9-14/h6-9H,4-5,10-12,17H2,1-3H3,(H,18,19). The molecule has 0 aliphatic carbocycles. The van der Waals surface area contributed by atoms with Crippen molar-refractivity contribution in [1.29, 1.82) is 0 Å². The Morgan fingerprint density at radius 2 is 2.05 bits per heavy atom. The Labute approximate surface area is 126 Å². The van der Waals surface area contributed by atoms with Crippen molar-refractivity contribution in [3.63, 3.8) is 0 Å². The maximum absolute atomic E-state index is 11.8. The predicted molar refractivity (Wildman–Crippen MR) is 87.9 cm³/mol. The SMILES string of the molecule is CCC(N)(CC)CNC(=O)CSCc1cccc(C)c1. The van der Waals surface area contributed by atoms with Gasteiger partial charge in [-0.1, -0.05) is 43.7 Å². The van der Waals surface area contributed by atoms with E-state index < -0.39 is 0 Å². The zero-order valence-corrected chi connectivity index (χ0v) is 13.6. The number of carbonyl (C=O) groups is 1. The minimum atomic E-state index is -0.267. The van der Waals surface area contributed by atoms with Crippen molar-refractivity contribution in [2.45, 2.75) is 44.9 Å². The number of aryl methyl sites for hydroxylation is 1. The zero-order chi connectivity index (χ0) is 15.0. The van der Waals surface area contributed by atoms with Gasteiger partial charge in [0.1, 0.15) is 0 Å². The monoisotopic (exact) mass is 294 g/mol. The van der Waals surface area contributed by atoms with Crippen LogP contribution in [0.15, 0.2) is 24.3 Å². The van der Waals surface area contributed by atoms with Crippen LogP contribution in [0.1, 0.15) is 37.8 Å². The Hall–Kier alpha value is -1.00. The molecule has 0 atom stereocenters. The van der Waals surface area contributed by atoms with Gasteiger partial charge in [0.15, 0.2) is 0 Å². The molecule has 0 saturated heterocycles. The zero-order valence-electron chi connectivity index (χ0n) is 12.7. The van der Waals surface area contributed by atoms with E-state index in [1.807, 2.05) is 0 Å². The summed E-state index contributed by atoms with van der Waals surface area (Å²) in [4.78, 5) is 11.8. The van der Waals surface area contributed by atoms with E-state index in [4.69, 9.17) is 5.73 Å². The summed E-state index contributed by atoms with van der Waals surface area (Å²) >= 11 is 1.64. The average Bonchev–Trinajstić information content (AvgIpc) is 2.45. The molecule has 0 heterocycles. The van der Waals surface area contributed by atoms with Crippen molar-refractivity contribution in [2.24, 2.45) is 5.73 Å². The van der Waals surface area contributed by atoms with Crippen LogP contribution in [-0.4, -0.2) is 23.7 Å². The molecule has 3 nitrogen and oxygen atoms in total. The molecule has 0 spiro atoms. The maximum Gasteiger partial charge on any atom is 0.230 e. The van der Waals surface area contributed by atoms with Crippen molar-refractivity contribution < 1.29 is 4.79 Å².